The van der Waals surface area contributed by atoms with Crippen LogP contribution in [0.1, 0.15) is 11.1 Å². The van der Waals surface area contributed by atoms with Gasteiger partial charge >= 0.3 is 5.63 Å². The monoisotopic (exact) mass is 170 g/mol. The maximum absolute atomic E-state index is 10.8. The molecule has 2 heteroatoms. The molecule has 0 spiro atoms. The SMILES string of the molecule is [CH]c1cc2ccc(=O)oc2cc1[CH]. The standard InChI is InChI=1S/C11H6O2/c1-7-5-9-3-4-11(12)13-10(9)6-8(7)2/h1-6H. The van der Waals surface area contributed by atoms with Crippen molar-refractivity contribution in [3.05, 3.63) is 59.7 Å². The molecule has 62 valence electrons. The van der Waals surface area contributed by atoms with Crippen molar-refractivity contribution in [2.24, 2.45) is 0 Å². The van der Waals surface area contributed by atoms with Crippen molar-refractivity contribution in [1.29, 1.82) is 0 Å². The molecule has 0 saturated heterocycles. The molecular formula is C11H6O2. The Kier molecular flexibility index (Phi) is 1.69. The first kappa shape index (κ1) is 8.05. The molecule has 2 nitrogen and oxygen atoms in total. The molecule has 1 aromatic heterocycles. The second-order valence-electron chi connectivity index (χ2n) is 2.77. The first-order valence-electron chi connectivity index (χ1n) is 3.76. The first-order valence-corrected chi connectivity index (χ1v) is 3.76. The number of rotatable bonds is 0. The van der Waals surface area contributed by atoms with Gasteiger partial charge in [0.15, 0.2) is 0 Å². The molecule has 2 aromatic rings. The molecule has 0 fully saturated rings. The molecule has 13 heavy (non-hydrogen) atoms. The Labute approximate surface area is 75.8 Å². The summed E-state index contributed by atoms with van der Waals surface area (Å²) in [5, 5.41) is 0.770. The molecule has 0 amide bonds. The van der Waals surface area contributed by atoms with Crippen molar-refractivity contribution < 1.29 is 4.42 Å². The van der Waals surface area contributed by atoms with E-state index >= 15 is 0 Å². The Morgan fingerprint density at radius 3 is 2.54 bits per heavy atom. The van der Waals surface area contributed by atoms with Crippen LogP contribution in [0.5, 0.6) is 0 Å². The molecule has 4 radical (unpaired) electrons. The lowest BCUT2D eigenvalue weighted by atomic mass is 10.1. The van der Waals surface area contributed by atoms with Gasteiger partial charge in [-0.2, -0.15) is 0 Å². The third-order valence-electron chi connectivity index (χ3n) is 1.82. The summed E-state index contributed by atoms with van der Waals surface area (Å²) in [6, 6.07) is 6.22. The van der Waals surface area contributed by atoms with Crippen LogP contribution in [0.2, 0.25) is 0 Å². The predicted octanol–water partition coefficient (Wildman–Crippen LogP) is 1.91. The number of fused-ring (bicyclic) bond motifs is 1. The summed E-state index contributed by atoms with van der Waals surface area (Å²) >= 11 is 0. The van der Waals surface area contributed by atoms with Crippen molar-refractivity contribution in [2.45, 2.75) is 0 Å². The van der Waals surface area contributed by atoms with Crippen molar-refractivity contribution >= 4 is 11.0 Å². The minimum absolute atomic E-state index is 0.392. The lowest BCUT2D eigenvalue weighted by molar-refractivity contribution is 0.561. The summed E-state index contributed by atoms with van der Waals surface area (Å²) in [5.74, 6) is 0. The minimum atomic E-state index is -0.392. The van der Waals surface area contributed by atoms with Crippen LogP contribution < -0.4 is 5.63 Å². The molecule has 0 aliphatic rings. The summed E-state index contributed by atoms with van der Waals surface area (Å²) in [5.41, 5.74) is 0.971. The van der Waals surface area contributed by atoms with E-state index in [-0.39, 0.29) is 0 Å². The zero-order valence-corrected chi connectivity index (χ0v) is 6.78. The Morgan fingerprint density at radius 1 is 1.08 bits per heavy atom. The highest BCUT2D eigenvalue weighted by atomic mass is 16.4. The third kappa shape index (κ3) is 1.35. The van der Waals surface area contributed by atoms with Crippen LogP contribution in [0.15, 0.2) is 33.5 Å². The van der Waals surface area contributed by atoms with E-state index in [1.54, 1.807) is 18.2 Å². The van der Waals surface area contributed by atoms with Gasteiger partial charge in [-0.3, -0.25) is 0 Å². The molecule has 0 aliphatic carbocycles. The molecule has 0 saturated carbocycles. The molecule has 1 aromatic carbocycles. The van der Waals surface area contributed by atoms with Crippen LogP contribution >= 0.6 is 0 Å². The van der Waals surface area contributed by atoms with Gasteiger partial charge in [-0.15, -0.1) is 0 Å². The average molecular weight is 170 g/mol. The van der Waals surface area contributed by atoms with E-state index in [0.29, 0.717) is 16.7 Å². The number of hydrogen-bond acceptors (Lipinski definition) is 2. The van der Waals surface area contributed by atoms with Crippen molar-refractivity contribution in [1.82, 2.24) is 0 Å². The highest BCUT2D eigenvalue weighted by Gasteiger charge is 1.99. The maximum atomic E-state index is 10.8. The van der Waals surface area contributed by atoms with Gasteiger partial charge in [0, 0.05) is 11.5 Å². The summed E-state index contributed by atoms with van der Waals surface area (Å²) in [6.07, 6.45) is 0. The molecule has 0 unspecified atom stereocenters. The molecule has 0 aliphatic heterocycles. The summed E-state index contributed by atoms with van der Waals surface area (Å²) < 4.78 is 4.91. The smallest absolute Gasteiger partial charge is 0.336 e. The topological polar surface area (TPSA) is 30.2 Å². The molecule has 0 bridgehead atoms. The van der Waals surface area contributed by atoms with E-state index in [2.05, 4.69) is 0 Å². The van der Waals surface area contributed by atoms with Gasteiger partial charge in [0.25, 0.3) is 0 Å². The zero-order valence-electron chi connectivity index (χ0n) is 6.78. The van der Waals surface area contributed by atoms with Gasteiger partial charge in [-0.1, -0.05) is 0 Å². The van der Waals surface area contributed by atoms with Gasteiger partial charge in [0.2, 0.25) is 0 Å². The summed E-state index contributed by atoms with van der Waals surface area (Å²) in [7, 11) is 0. The first-order chi connectivity index (χ1) is 6.16. The fourth-order valence-electron chi connectivity index (χ4n) is 1.15. The molecular weight excluding hydrogens is 164 g/mol. The number of hydrogen-bond donors (Lipinski definition) is 0. The van der Waals surface area contributed by atoms with Gasteiger partial charge in [0.1, 0.15) is 5.58 Å². The number of benzene rings is 1. The normalized spacial score (nSPS) is 10.6. The molecule has 0 atom stereocenters. The van der Waals surface area contributed by atoms with Crippen LogP contribution in [0, 0.1) is 13.8 Å². The summed E-state index contributed by atoms with van der Waals surface area (Å²) in [4.78, 5) is 10.8. The minimum Gasteiger partial charge on any atom is -0.423 e. The van der Waals surface area contributed by atoms with Gasteiger partial charge in [0.05, 0.1) is 0 Å². The van der Waals surface area contributed by atoms with Crippen LogP contribution in [0.4, 0.5) is 0 Å². The lowest BCUT2D eigenvalue weighted by Gasteiger charge is -2.00. The quantitative estimate of drug-likeness (QED) is 0.565. The van der Waals surface area contributed by atoms with Gasteiger partial charge < -0.3 is 4.42 Å². The van der Waals surface area contributed by atoms with Crippen LogP contribution in [0.3, 0.4) is 0 Å². The Morgan fingerprint density at radius 2 is 1.77 bits per heavy atom. The predicted molar refractivity (Wildman–Crippen MR) is 49.3 cm³/mol. The van der Waals surface area contributed by atoms with E-state index in [1.807, 2.05) is 0 Å². The second kappa shape index (κ2) is 2.73. The fourth-order valence-corrected chi connectivity index (χ4v) is 1.15. The Balaban J connectivity index is 2.89. The summed E-state index contributed by atoms with van der Waals surface area (Å²) in [6.45, 7) is 11.1. The molecule has 2 rings (SSSR count). The molecule has 1 heterocycles. The van der Waals surface area contributed by atoms with Crippen molar-refractivity contribution in [3.63, 3.8) is 0 Å². The van der Waals surface area contributed by atoms with Crippen molar-refractivity contribution in [3.8, 4) is 0 Å². The van der Waals surface area contributed by atoms with Crippen LogP contribution in [0.25, 0.3) is 11.0 Å². The Bertz CT molecular complexity index is 509. The lowest BCUT2D eigenvalue weighted by Crippen LogP contribution is -1.94. The highest BCUT2D eigenvalue weighted by Crippen LogP contribution is 2.17. The van der Waals surface area contributed by atoms with E-state index in [4.69, 9.17) is 18.3 Å². The highest BCUT2D eigenvalue weighted by molar-refractivity contribution is 5.78. The average Bonchev–Trinajstić information content (AvgIpc) is 2.08. The van der Waals surface area contributed by atoms with Gasteiger partial charge in [-0.25, -0.2) is 4.79 Å². The fraction of sp³-hybridized carbons (Fsp3) is 0. The van der Waals surface area contributed by atoms with E-state index in [1.165, 1.54) is 6.07 Å². The van der Waals surface area contributed by atoms with Crippen LogP contribution in [-0.4, -0.2) is 0 Å². The largest absolute Gasteiger partial charge is 0.423 e. The van der Waals surface area contributed by atoms with Crippen molar-refractivity contribution in [2.75, 3.05) is 0 Å². The van der Waals surface area contributed by atoms with Crippen LogP contribution in [-0.2, 0) is 0 Å². The maximum Gasteiger partial charge on any atom is 0.336 e. The van der Waals surface area contributed by atoms with E-state index in [9.17, 15) is 4.79 Å². The molecule has 0 N–H and O–H groups in total. The third-order valence-corrected chi connectivity index (χ3v) is 1.82. The zero-order chi connectivity index (χ0) is 9.42. The second-order valence-corrected chi connectivity index (χ2v) is 2.77. The van der Waals surface area contributed by atoms with Gasteiger partial charge in [-0.05, 0) is 43.2 Å². The Hall–Kier alpha value is -1.57. The van der Waals surface area contributed by atoms with E-state index in [0.717, 1.165) is 5.39 Å². The van der Waals surface area contributed by atoms with E-state index < -0.39 is 5.63 Å².